The van der Waals surface area contributed by atoms with Gasteiger partial charge < -0.3 is 14.9 Å². The molecule has 1 saturated heterocycles. The second-order valence-electron chi connectivity index (χ2n) is 4.76. The van der Waals surface area contributed by atoms with Crippen molar-refractivity contribution in [1.29, 1.82) is 0 Å². The van der Waals surface area contributed by atoms with E-state index in [-0.39, 0.29) is 31.5 Å². The van der Waals surface area contributed by atoms with Crippen molar-refractivity contribution < 1.29 is 19.2 Å². The molecule has 0 spiro atoms. The molecule has 0 saturated carbocycles. The van der Waals surface area contributed by atoms with Crippen molar-refractivity contribution in [2.24, 2.45) is 0 Å². The number of carboxylic acids is 1. The third kappa shape index (κ3) is 3.08. The van der Waals surface area contributed by atoms with E-state index in [0.29, 0.717) is 11.7 Å². The number of rotatable bonds is 4. The van der Waals surface area contributed by atoms with Crippen LogP contribution < -0.4 is 5.32 Å². The van der Waals surface area contributed by atoms with Crippen LogP contribution in [0.2, 0.25) is 0 Å². The Morgan fingerprint density at radius 3 is 2.95 bits per heavy atom. The maximum Gasteiger partial charge on any atom is 0.322 e. The first-order valence-electron chi connectivity index (χ1n) is 6.03. The van der Waals surface area contributed by atoms with E-state index < -0.39 is 12.0 Å². The molecule has 104 valence electrons. The lowest BCUT2D eigenvalue weighted by atomic mass is 10.2. The Labute approximate surface area is 109 Å². The molecule has 1 atom stereocenters. The molecular weight excluding hydrogens is 252 g/mol. The minimum atomic E-state index is -0.983. The Balaban J connectivity index is 2.09. The van der Waals surface area contributed by atoms with Crippen molar-refractivity contribution in [3.63, 3.8) is 0 Å². The number of hydrogen-bond acceptors (Lipinski definition) is 6. The van der Waals surface area contributed by atoms with Crippen molar-refractivity contribution in [3.8, 4) is 0 Å². The van der Waals surface area contributed by atoms with Gasteiger partial charge in [0.15, 0.2) is 5.82 Å². The quantitative estimate of drug-likeness (QED) is 0.763. The molecule has 1 aromatic heterocycles. The monoisotopic (exact) mass is 268 g/mol. The molecule has 1 aromatic rings. The van der Waals surface area contributed by atoms with Gasteiger partial charge in [-0.05, 0) is 0 Å². The van der Waals surface area contributed by atoms with Crippen LogP contribution in [0.1, 0.15) is 31.5 Å². The van der Waals surface area contributed by atoms with Gasteiger partial charge in [0.2, 0.25) is 11.8 Å². The van der Waals surface area contributed by atoms with Crippen LogP contribution in [0.4, 0.5) is 0 Å². The molecule has 0 aromatic carbocycles. The molecule has 1 aliphatic heterocycles. The van der Waals surface area contributed by atoms with Gasteiger partial charge >= 0.3 is 5.97 Å². The number of amides is 1. The summed E-state index contributed by atoms with van der Waals surface area (Å²) in [5.41, 5.74) is 0. The third-order valence-corrected chi connectivity index (χ3v) is 2.90. The first-order valence-corrected chi connectivity index (χ1v) is 6.03. The predicted octanol–water partition coefficient (Wildman–Crippen LogP) is -0.422. The number of aromatic nitrogens is 2. The third-order valence-electron chi connectivity index (χ3n) is 2.90. The summed E-state index contributed by atoms with van der Waals surface area (Å²) in [6.07, 6.45) is 0. The molecule has 0 radical (unpaired) electrons. The van der Waals surface area contributed by atoms with Crippen molar-refractivity contribution >= 4 is 11.9 Å². The standard InChI is InChI=1S/C11H16N4O4/c1-6(2)10-13-9(19-14-10)5-15-4-8(16)12-3-7(15)11(17)18/h6-7H,3-5H2,1-2H3,(H,12,16)(H,17,18). The second kappa shape index (κ2) is 5.35. The predicted molar refractivity (Wildman–Crippen MR) is 63.2 cm³/mol. The van der Waals surface area contributed by atoms with Crippen LogP contribution in [0.3, 0.4) is 0 Å². The number of carbonyl (C=O) groups is 2. The van der Waals surface area contributed by atoms with Gasteiger partial charge in [-0.2, -0.15) is 4.98 Å². The number of hydrogen-bond donors (Lipinski definition) is 2. The van der Waals surface area contributed by atoms with E-state index in [1.54, 1.807) is 0 Å². The van der Waals surface area contributed by atoms with Crippen molar-refractivity contribution in [3.05, 3.63) is 11.7 Å². The average molecular weight is 268 g/mol. The zero-order valence-corrected chi connectivity index (χ0v) is 10.8. The summed E-state index contributed by atoms with van der Waals surface area (Å²) in [6.45, 7) is 4.12. The molecule has 0 aliphatic carbocycles. The molecule has 2 heterocycles. The zero-order chi connectivity index (χ0) is 14.0. The van der Waals surface area contributed by atoms with Crippen LogP contribution in [0, 0.1) is 0 Å². The van der Waals surface area contributed by atoms with Gasteiger partial charge in [-0.1, -0.05) is 19.0 Å². The number of nitrogens with zero attached hydrogens (tertiary/aromatic N) is 3. The van der Waals surface area contributed by atoms with E-state index in [1.165, 1.54) is 4.90 Å². The highest BCUT2D eigenvalue weighted by Gasteiger charge is 2.32. The van der Waals surface area contributed by atoms with Crippen LogP contribution in [0.15, 0.2) is 4.52 Å². The van der Waals surface area contributed by atoms with Crippen molar-refractivity contribution in [1.82, 2.24) is 20.4 Å². The number of aliphatic carboxylic acids is 1. The Bertz CT molecular complexity index is 485. The highest BCUT2D eigenvalue weighted by molar-refractivity contribution is 5.83. The highest BCUT2D eigenvalue weighted by atomic mass is 16.5. The summed E-state index contributed by atoms with van der Waals surface area (Å²) >= 11 is 0. The van der Waals surface area contributed by atoms with Gasteiger partial charge in [-0.3, -0.25) is 14.5 Å². The lowest BCUT2D eigenvalue weighted by Crippen LogP contribution is -2.56. The summed E-state index contributed by atoms with van der Waals surface area (Å²) in [5, 5.41) is 15.4. The minimum Gasteiger partial charge on any atom is -0.480 e. The first kappa shape index (κ1) is 13.5. The zero-order valence-electron chi connectivity index (χ0n) is 10.8. The van der Waals surface area contributed by atoms with Gasteiger partial charge in [0.25, 0.3) is 0 Å². The molecule has 0 bridgehead atoms. The fraction of sp³-hybridized carbons (Fsp3) is 0.636. The van der Waals surface area contributed by atoms with Gasteiger partial charge in [-0.25, -0.2) is 0 Å². The molecule has 1 amide bonds. The first-order chi connectivity index (χ1) is 8.97. The topological polar surface area (TPSA) is 109 Å². The van der Waals surface area contributed by atoms with Crippen molar-refractivity contribution in [2.45, 2.75) is 32.4 Å². The summed E-state index contributed by atoms with van der Waals surface area (Å²) in [6, 6.07) is -0.771. The molecule has 2 rings (SSSR count). The fourth-order valence-corrected chi connectivity index (χ4v) is 1.84. The minimum absolute atomic E-state index is 0.0103. The summed E-state index contributed by atoms with van der Waals surface area (Å²) < 4.78 is 5.06. The largest absolute Gasteiger partial charge is 0.480 e. The van der Waals surface area contributed by atoms with Crippen LogP contribution in [0.5, 0.6) is 0 Å². The van der Waals surface area contributed by atoms with Crippen LogP contribution in [-0.2, 0) is 16.1 Å². The Morgan fingerprint density at radius 1 is 1.63 bits per heavy atom. The number of carbonyl (C=O) groups excluding carboxylic acids is 1. The van der Waals surface area contributed by atoms with E-state index in [2.05, 4.69) is 15.5 Å². The normalized spacial score (nSPS) is 20.6. The molecule has 8 nitrogen and oxygen atoms in total. The number of piperazine rings is 1. The lowest BCUT2D eigenvalue weighted by Gasteiger charge is -2.31. The van der Waals surface area contributed by atoms with E-state index >= 15 is 0 Å². The molecule has 19 heavy (non-hydrogen) atoms. The van der Waals surface area contributed by atoms with Gasteiger partial charge in [0, 0.05) is 12.5 Å². The summed E-state index contributed by atoms with van der Waals surface area (Å²) in [5.74, 6) is -0.157. The molecular formula is C11H16N4O4. The summed E-state index contributed by atoms with van der Waals surface area (Å²) in [4.78, 5) is 28.1. The maximum absolute atomic E-state index is 11.3. The maximum atomic E-state index is 11.3. The van der Waals surface area contributed by atoms with Gasteiger partial charge in [0.05, 0.1) is 13.1 Å². The molecule has 1 unspecified atom stereocenters. The SMILES string of the molecule is CC(C)c1noc(CN2CC(=O)NCC2C(=O)O)n1. The Kier molecular flexibility index (Phi) is 3.79. The molecule has 2 N–H and O–H groups in total. The van der Waals surface area contributed by atoms with E-state index in [9.17, 15) is 9.59 Å². The summed E-state index contributed by atoms with van der Waals surface area (Å²) in [7, 11) is 0. The Hall–Kier alpha value is -1.96. The van der Waals surface area contributed by atoms with E-state index in [0.717, 1.165) is 0 Å². The fourth-order valence-electron chi connectivity index (χ4n) is 1.84. The van der Waals surface area contributed by atoms with Crippen molar-refractivity contribution in [2.75, 3.05) is 13.1 Å². The molecule has 1 fully saturated rings. The average Bonchev–Trinajstić information content (AvgIpc) is 2.77. The van der Waals surface area contributed by atoms with E-state index in [1.807, 2.05) is 13.8 Å². The van der Waals surface area contributed by atoms with Crippen LogP contribution >= 0.6 is 0 Å². The number of carboxylic acid groups (broad SMARTS) is 1. The van der Waals surface area contributed by atoms with Crippen LogP contribution in [0.25, 0.3) is 0 Å². The van der Waals surface area contributed by atoms with Crippen LogP contribution in [-0.4, -0.2) is 51.2 Å². The molecule has 1 aliphatic rings. The smallest absolute Gasteiger partial charge is 0.322 e. The van der Waals surface area contributed by atoms with Gasteiger partial charge in [0.1, 0.15) is 6.04 Å². The lowest BCUT2D eigenvalue weighted by molar-refractivity contribution is -0.146. The second-order valence-corrected chi connectivity index (χ2v) is 4.76. The molecule has 8 heteroatoms. The Morgan fingerprint density at radius 2 is 2.37 bits per heavy atom. The number of nitrogens with one attached hydrogen (secondary N) is 1. The van der Waals surface area contributed by atoms with E-state index in [4.69, 9.17) is 9.63 Å². The van der Waals surface area contributed by atoms with Gasteiger partial charge in [-0.15, -0.1) is 0 Å². The highest BCUT2D eigenvalue weighted by Crippen LogP contribution is 2.13.